The molecule has 4 heteroatoms. The van der Waals surface area contributed by atoms with Crippen molar-refractivity contribution in [3.63, 3.8) is 0 Å². The minimum absolute atomic E-state index is 0.0116. The molecule has 0 aromatic heterocycles. The molecule has 1 aliphatic carbocycles. The quantitative estimate of drug-likeness (QED) is 0.807. The van der Waals surface area contributed by atoms with Crippen LogP contribution in [0.4, 0.5) is 0 Å². The van der Waals surface area contributed by atoms with E-state index in [2.05, 4.69) is 26.0 Å². The van der Waals surface area contributed by atoms with Gasteiger partial charge in [0.1, 0.15) is 11.5 Å². The fraction of sp³-hybridized carbons (Fsp3) is 0.647. The van der Waals surface area contributed by atoms with E-state index in [4.69, 9.17) is 15.2 Å². The lowest BCUT2D eigenvalue weighted by molar-refractivity contribution is 0.345. The summed E-state index contributed by atoms with van der Waals surface area (Å²) in [6, 6.07) is 4.27. The van der Waals surface area contributed by atoms with E-state index in [9.17, 15) is 0 Å². The first-order valence-corrected chi connectivity index (χ1v) is 8.57. The van der Waals surface area contributed by atoms with Crippen LogP contribution in [0.15, 0.2) is 17.0 Å². The van der Waals surface area contributed by atoms with E-state index in [0.29, 0.717) is 11.8 Å². The number of hydrogen-bond donors (Lipinski definition) is 1. The van der Waals surface area contributed by atoms with Gasteiger partial charge in [-0.15, -0.1) is 11.8 Å². The highest BCUT2D eigenvalue weighted by Crippen LogP contribution is 2.49. The molecule has 0 bridgehead atoms. The Morgan fingerprint density at radius 1 is 1.14 bits per heavy atom. The summed E-state index contributed by atoms with van der Waals surface area (Å²) < 4.78 is 11.4. The summed E-state index contributed by atoms with van der Waals surface area (Å²) in [4.78, 5) is 1.19. The van der Waals surface area contributed by atoms with Crippen molar-refractivity contribution in [1.29, 1.82) is 0 Å². The first-order chi connectivity index (χ1) is 10.1. The molecule has 21 heavy (non-hydrogen) atoms. The van der Waals surface area contributed by atoms with Crippen molar-refractivity contribution in [3.8, 4) is 11.5 Å². The van der Waals surface area contributed by atoms with Crippen LogP contribution in [0.5, 0.6) is 11.5 Å². The average molecular weight is 309 g/mol. The van der Waals surface area contributed by atoms with Crippen LogP contribution in [0.2, 0.25) is 0 Å². The number of ether oxygens (including phenoxy) is 2. The zero-order valence-electron chi connectivity index (χ0n) is 13.6. The smallest absolute Gasteiger partial charge is 0.127 e. The summed E-state index contributed by atoms with van der Waals surface area (Å²) in [5.41, 5.74) is 7.33. The maximum Gasteiger partial charge on any atom is 0.127 e. The van der Waals surface area contributed by atoms with E-state index in [1.165, 1.54) is 23.3 Å². The lowest BCUT2D eigenvalue weighted by Crippen LogP contribution is -2.33. The summed E-state index contributed by atoms with van der Waals surface area (Å²) in [6.45, 7) is 5.03. The number of methoxy groups -OCH3 is 2. The van der Waals surface area contributed by atoms with Gasteiger partial charge in [-0.3, -0.25) is 0 Å². The molecular formula is C17H27NO2S. The molecule has 0 radical (unpaired) electrons. The lowest BCUT2D eigenvalue weighted by atomic mass is 9.78. The van der Waals surface area contributed by atoms with Crippen LogP contribution >= 0.6 is 11.8 Å². The third-order valence-electron chi connectivity index (χ3n) is 4.33. The number of hydrogen-bond acceptors (Lipinski definition) is 4. The molecule has 1 aromatic carbocycles. The van der Waals surface area contributed by atoms with E-state index in [0.717, 1.165) is 24.3 Å². The molecule has 0 atom stereocenters. The molecule has 0 spiro atoms. The molecule has 1 fully saturated rings. The summed E-state index contributed by atoms with van der Waals surface area (Å²) in [5.74, 6) is 1.84. The zero-order valence-corrected chi connectivity index (χ0v) is 14.4. The highest BCUT2D eigenvalue weighted by molar-refractivity contribution is 7.99. The largest absolute Gasteiger partial charge is 0.496 e. The molecule has 1 saturated carbocycles. The van der Waals surface area contributed by atoms with Crippen molar-refractivity contribution < 1.29 is 9.47 Å². The SMILES string of the molecule is COc1cc(SC(C)C)cc(OC)c1C1(CN)CCCC1. The summed E-state index contributed by atoms with van der Waals surface area (Å²) in [5, 5.41) is 0.528. The maximum absolute atomic E-state index is 6.15. The van der Waals surface area contributed by atoms with Gasteiger partial charge in [-0.25, -0.2) is 0 Å². The van der Waals surface area contributed by atoms with Gasteiger partial charge in [0.25, 0.3) is 0 Å². The molecule has 0 aliphatic heterocycles. The van der Waals surface area contributed by atoms with E-state index >= 15 is 0 Å². The Morgan fingerprint density at radius 3 is 2.05 bits per heavy atom. The second kappa shape index (κ2) is 6.93. The third-order valence-corrected chi connectivity index (χ3v) is 5.31. The fourth-order valence-electron chi connectivity index (χ4n) is 3.36. The van der Waals surface area contributed by atoms with E-state index in [1.807, 2.05) is 11.8 Å². The Hall–Kier alpha value is -0.870. The minimum Gasteiger partial charge on any atom is -0.496 e. The van der Waals surface area contributed by atoms with Crippen LogP contribution in [0.1, 0.15) is 45.1 Å². The molecule has 2 rings (SSSR count). The normalized spacial score (nSPS) is 17.2. The second-order valence-corrected chi connectivity index (χ2v) is 7.71. The molecule has 0 saturated heterocycles. The van der Waals surface area contributed by atoms with Gasteiger partial charge >= 0.3 is 0 Å². The van der Waals surface area contributed by atoms with Gasteiger partial charge in [-0.2, -0.15) is 0 Å². The molecule has 1 aromatic rings. The molecule has 3 nitrogen and oxygen atoms in total. The highest BCUT2D eigenvalue weighted by Gasteiger charge is 2.39. The molecule has 1 aliphatic rings. The highest BCUT2D eigenvalue weighted by atomic mass is 32.2. The third kappa shape index (κ3) is 3.32. The van der Waals surface area contributed by atoms with Crippen molar-refractivity contribution in [3.05, 3.63) is 17.7 Å². The predicted molar refractivity (Wildman–Crippen MR) is 89.7 cm³/mol. The van der Waals surface area contributed by atoms with E-state index in [1.54, 1.807) is 14.2 Å². The van der Waals surface area contributed by atoms with Crippen LogP contribution in [0, 0.1) is 0 Å². The monoisotopic (exact) mass is 309 g/mol. The van der Waals surface area contributed by atoms with Gasteiger partial charge in [0.15, 0.2) is 0 Å². The fourth-order valence-corrected chi connectivity index (χ4v) is 4.25. The average Bonchev–Trinajstić information content (AvgIpc) is 2.95. The molecule has 2 N–H and O–H groups in total. The van der Waals surface area contributed by atoms with Gasteiger partial charge in [-0.05, 0) is 25.0 Å². The van der Waals surface area contributed by atoms with Crippen LogP contribution in [0.25, 0.3) is 0 Å². The summed E-state index contributed by atoms with van der Waals surface area (Å²) in [7, 11) is 3.47. The molecular weight excluding hydrogens is 282 g/mol. The summed E-state index contributed by atoms with van der Waals surface area (Å²) in [6.07, 6.45) is 4.69. The lowest BCUT2D eigenvalue weighted by Gasteiger charge is -2.31. The van der Waals surface area contributed by atoms with Gasteiger partial charge < -0.3 is 15.2 Å². The minimum atomic E-state index is 0.0116. The number of nitrogens with two attached hydrogens (primary N) is 1. The van der Waals surface area contributed by atoms with Gasteiger partial charge in [0, 0.05) is 27.7 Å². The predicted octanol–water partition coefficient (Wildman–Crippen LogP) is 3.97. The molecule has 0 heterocycles. The number of benzene rings is 1. The van der Waals surface area contributed by atoms with Crippen LogP contribution in [-0.2, 0) is 5.41 Å². The van der Waals surface area contributed by atoms with Gasteiger partial charge in [0.2, 0.25) is 0 Å². The first kappa shape index (κ1) is 16.5. The Morgan fingerprint density at radius 2 is 1.67 bits per heavy atom. The second-order valence-electron chi connectivity index (χ2n) is 6.06. The molecule has 0 unspecified atom stereocenters. The van der Waals surface area contributed by atoms with Crippen molar-refractivity contribution >= 4 is 11.8 Å². The molecule has 0 amide bonds. The van der Waals surface area contributed by atoms with Crippen LogP contribution in [0.3, 0.4) is 0 Å². The first-order valence-electron chi connectivity index (χ1n) is 7.69. The Balaban J connectivity index is 2.53. The number of thioether (sulfide) groups is 1. The van der Waals surface area contributed by atoms with Crippen LogP contribution in [-0.4, -0.2) is 26.0 Å². The van der Waals surface area contributed by atoms with Crippen LogP contribution < -0.4 is 15.2 Å². The van der Waals surface area contributed by atoms with E-state index in [-0.39, 0.29) is 5.41 Å². The van der Waals surface area contributed by atoms with Crippen molar-refractivity contribution in [2.24, 2.45) is 5.73 Å². The van der Waals surface area contributed by atoms with Crippen molar-refractivity contribution in [2.45, 2.75) is 55.1 Å². The Labute approximate surface area is 132 Å². The standard InChI is InChI=1S/C17H27NO2S/c1-12(2)21-13-9-14(19-3)16(15(10-13)20-4)17(11-18)7-5-6-8-17/h9-10,12H,5-8,11,18H2,1-4H3. The summed E-state index contributed by atoms with van der Waals surface area (Å²) >= 11 is 1.82. The molecule has 118 valence electrons. The van der Waals surface area contributed by atoms with E-state index < -0.39 is 0 Å². The zero-order chi connectivity index (χ0) is 15.5. The van der Waals surface area contributed by atoms with Crippen molar-refractivity contribution in [2.75, 3.05) is 20.8 Å². The topological polar surface area (TPSA) is 44.5 Å². The number of rotatable bonds is 6. The Kier molecular flexibility index (Phi) is 5.44. The maximum atomic E-state index is 6.15. The van der Waals surface area contributed by atoms with Crippen molar-refractivity contribution in [1.82, 2.24) is 0 Å². The van der Waals surface area contributed by atoms with Gasteiger partial charge in [0.05, 0.1) is 14.2 Å². The van der Waals surface area contributed by atoms with Gasteiger partial charge in [-0.1, -0.05) is 26.7 Å². The Bertz CT molecular complexity index is 457.